The van der Waals surface area contributed by atoms with Crippen molar-refractivity contribution >= 4 is 40.0 Å². The maximum atomic E-state index is 13.6. The van der Waals surface area contributed by atoms with Gasteiger partial charge in [0.25, 0.3) is 0 Å². The Bertz CT molecular complexity index is 1600. The number of rotatable bonds is 5. The number of nitrogens with one attached hydrogen (secondary N) is 2. The number of hydrogen-bond donors (Lipinski definition) is 2. The van der Waals surface area contributed by atoms with E-state index >= 15 is 0 Å². The molecule has 0 aliphatic rings. The minimum atomic E-state index is -4.65. The number of imidazole rings is 1. The number of hydrogen-bond acceptors (Lipinski definition) is 5. The van der Waals surface area contributed by atoms with Crippen LogP contribution >= 0.6 is 11.6 Å². The molecule has 0 aliphatic heterocycles. The van der Waals surface area contributed by atoms with E-state index in [0.717, 1.165) is 6.07 Å². The number of carbonyl (C=O) groups is 1. The van der Waals surface area contributed by atoms with Gasteiger partial charge in [0.2, 0.25) is 5.88 Å². The van der Waals surface area contributed by atoms with Gasteiger partial charge in [0.1, 0.15) is 17.6 Å². The summed E-state index contributed by atoms with van der Waals surface area (Å²) < 4.78 is 49.8. The average molecular weight is 528 g/mol. The van der Waals surface area contributed by atoms with E-state index in [1.165, 1.54) is 53.9 Å². The first-order chi connectivity index (χ1) is 17.7. The zero-order valence-electron chi connectivity index (χ0n) is 19.0. The van der Waals surface area contributed by atoms with Crippen LogP contribution in [-0.2, 0) is 13.2 Å². The zero-order chi connectivity index (χ0) is 26.2. The average Bonchev–Trinajstić information content (AvgIpc) is 3.51. The molecule has 0 unspecified atom stereocenters. The number of fused-ring (bicyclic) bond motifs is 1. The fourth-order valence-corrected chi connectivity index (χ4v) is 3.90. The first-order valence-corrected chi connectivity index (χ1v) is 11.1. The maximum Gasteiger partial charge on any atom is 0.418 e. The Balaban J connectivity index is 1.31. The van der Waals surface area contributed by atoms with Crippen LogP contribution in [0.15, 0.2) is 73.7 Å². The van der Waals surface area contributed by atoms with Crippen molar-refractivity contribution in [3.05, 3.63) is 84.3 Å². The number of nitrogens with zero attached hydrogens (tertiary/aromatic N) is 5. The van der Waals surface area contributed by atoms with Crippen LogP contribution in [0.2, 0.25) is 5.02 Å². The van der Waals surface area contributed by atoms with Crippen molar-refractivity contribution in [1.29, 1.82) is 0 Å². The van der Waals surface area contributed by atoms with Gasteiger partial charge in [-0.2, -0.15) is 18.2 Å². The highest BCUT2D eigenvalue weighted by molar-refractivity contribution is 6.34. The molecule has 13 heteroatoms. The van der Waals surface area contributed by atoms with Gasteiger partial charge < -0.3 is 24.5 Å². The Hall–Kier alpha value is -4.58. The van der Waals surface area contributed by atoms with Crippen molar-refractivity contribution in [2.75, 3.05) is 10.6 Å². The number of anilines is 2. The van der Waals surface area contributed by atoms with Gasteiger partial charge >= 0.3 is 12.2 Å². The lowest BCUT2D eigenvalue weighted by Crippen LogP contribution is -2.20. The quantitative estimate of drug-likeness (QED) is 0.281. The summed E-state index contributed by atoms with van der Waals surface area (Å²) in [5.41, 5.74) is 0.521. The van der Waals surface area contributed by atoms with Gasteiger partial charge in [-0.15, -0.1) is 0 Å². The number of ether oxygens (including phenoxy) is 1. The molecular weight excluding hydrogens is 511 g/mol. The molecular formula is C24H17ClF3N7O2. The fourth-order valence-electron chi connectivity index (χ4n) is 3.69. The van der Waals surface area contributed by atoms with E-state index in [2.05, 4.69) is 25.6 Å². The van der Waals surface area contributed by atoms with E-state index in [0.29, 0.717) is 22.7 Å². The lowest BCUT2D eigenvalue weighted by atomic mass is 10.1. The van der Waals surface area contributed by atoms with E-state index in [1.54, 1.807) is 6.07 Å². The van der Waals surface area contributed by atoms with Crippen LogP contribution in [0.25, 0.3) is 16.7 Å². The van der Waals surface area contributed by atoms with E-state index in [1.807, 2.05) is 23.9 Å². The summed E-state index contributed by atoms with van der Waals surface area (Å²) in [4.78, 5) is 24.6. The monoisotopic (exact) mass is 527 g/mol. The lowest BCUT2D eigenvalue weighted by Gasteiger charge is -2.16. The fraction of sp³-hybridized carbons (Fsp3) is 0.0833. The molecule has 0 saturated carbocycles. The molecule has 0 atom stereocenters. The van der Waals surface area contributed by atoms with Gasteiger partial charge in [-0.1, -0.05) is 11.6 Å². The molecule has 5 rings (SSSR count). The van der Waals surface area contributed by atoms with Crippen LogP contribution in [-0.4, -0.2) is 30.1 Å². The molecule has 3 aromatic heterocycles. The molecule has 3 heterocycles. The summed E-state index contributed by atoms with van der Waals surface area (Å²) in [6.07, 6.45) is 2.58. The summed E-state index contributed by atoms with van der Waals surface area (Å²) in [6.45, 7) is 0. The number of alkyl halides is 3. The molecule has 0 aliphatic carbocycles. The second-order valence-electron chi connectivity index (χ2n) is 7.86. The molecule has 2 N–H and O–H groups in total. The summed E-state index contributed by atoms with van der Waals surface area (Å²) in [6, 6.07) is 9.05. The van der Waals surface area contributed by atoms with Gasteiger partial charge in [-0.25, -0.2) is 14.8 Å². The Morgan fingerprint density at radius 2 is 1.89 bits per heavy atom. The number of benzene rings is 2. The minimum Gasteiger partial charge on any atom is -0.437 e. The van der Waals surface area contributed by atoms with Crippen LogP contribution in [0.5, 0.6) is 11.6 Å². The Labute approximate surface area is 212 Å². The third kappa shape index (κ3) is 5.05. The van der Waals surface area contributed by atoms with Gasteiger partial charge in [-0.05, 0) is 36.4 Å². The van der Waals surface area contributed by atoms with Crippen molar-refractivity contribution in [3.8, 4) is 17.3 Å². The largest absolute Gasteiger partial charge is 0.437 e. The predicted molar refractivity (Wildman–Crippen MR) is 131 cm³/mol. The molecule has 2 aromatic carbocycles. The Kier molecular flexibility index (Phi) is 6.17. The molecule has 0 saturated heterocycles. The van der Waals surface area contributed by atoms with Crippen LogP contribution in [0.1, 0.15) is 5.56 Å². The Morgan fingerprint density at radius 3 is 2.62 bits per heavy atom. The van der Waals surface area contributed by atoms with Crippen molar-refractivity contribution in [2.45, 2.75) is 6.18 Å². The van der Waals surface area contributed by atoms with Gasteiger partial charge in [-0.3, -0.25) is 0 Å². The third-order valence-corrected chi connectivity index (χ3v) is 5.68. The smallest absolute Gasteiger partial charge is 0.418 e. The van der Waals surface area contributed by atoms with Crippen LogP contribution in [0.4, 0.5) is 29.3 Å². The molecule has 0 radical (unpaired) electrons. The third-order valence-electron chi connectivity index (χ3n) is 5.37. The number of urea groups is 1. The summed E-state index contributed by atoms with van der Waals surface area (Å²) in [5, 5.41) is 5.07. The summed E-state index contributed by atoms with van der Waals surface area (Å²) in [7, 11) is 1.83. The number of amides is 2. The van der Waals surface area contributed by atoms with E-state index in [4.69, 9.17) is 16.3 Å². The minimum absolute atomic E-state index is 0.0555. The molecule has 2 amide bonds. The molecule has 0 bridgehead atoms. The molecule has 9 nitrogen and oxygen atoms in total. The summed E-state index contributed by atoms with van der Waals surface area (Å²) in [5.74, 6) is 0.689. The highest BCUT2D eigenvalue weighted by Gasteiger charge is 2.34. The second-order valence-corrected chi connectivity index (χ2v) is 8.27. The van der Waals surface area contributed by atoms with Crippen LogP contribution < -0.4 is 15.4 Å². The molecule has 188 valence electrons. The molecule has 5 aromatic rings. The molecule has 37 heavy (non-hydrogen) atoms. The standard InChI is InChI=1S/C24H17ClF3N7O2/c1-34-8-6-19-21(34)22(31-12-30-19)37-15-3-4-18(17(25)11-15)33-23(36)32-14-2-5-20(35-9-7-29-13-35)16(10-14)24(26,27)28/h2-13H,1H3,(H2,32,33,36). The highest BCUT2D eigenvalue weighted by Crippen LogP contribution is 2.36. The summed E-state index contributed by atoms with van der Waals surface area (Å²) >= 11 is 6.32. The highest BCUT2D eigenvalue weighted by atomic mass is 35.5. The van der Waals surface area contributed by atoms with Crippen molar-refractivity contribution < 1.29 is 22.7 Å². The van der Waals surface area contributed by atoms with E-state index in [9.17, 15) is 18.0 Å². The number of halogens is 4. The van der Waals surface area contributed by atoms with Crippen LogP contribution in [0, 0.1) is 0 Å². The van der Waals surface area contributed by atoms with Crippen molar-refractivity contribution in [1.82, 2.24) is 24.1 Å². The number of carbonyl (C=O) groups excluding carboxylic acids is 1. The molecule has 0 fully saturated rings. The topological polar surface area (TPSA) is 98.9 Å². The van der Waals surface area contributed by atoms with Crippen molar-refractivity contribution in [3.63, 3.8) is 0 Å². The normalized spacial score (nSPS) is 11.5. The van der Waals surface area contributed by atoms with Gasteiger partial charge in [0, 0.05) is 37.4 Å². The predicted octanol–water partition coefficient (Wildman–Crippen LogP) is 6.26. The van der Waals surface area contributed by atoms with Crippen molar-refractivity contribution in [2.24, 2.45) is 7.05 Å². The first kappa shape index (κ1) is 24.1. The van der Waals surface area contributed by atoms with E-state index in [-0.39, 0.29) is 22.1 Å². The van der Waals surface area contributed by atoms with Gasteiger partial charge in [0.15, 0.2) is 0 Å². The second kappa shape index (κ2) is 9.47. The van der Waals surface area contributed by atoms with Crippen LogP contribution in [0.3, 0.4) is 0 Å². The maximum absolute atomic E-state index is 13.6. The number of aryl methyl sites for hydroxylation is 1. The SMILES string of the molecule is Cn1ccc2ncnc(Oc3ccc(NC(=O)Nc4ccc(-n5ccnc5)c(C(F)(F)F)c4)c(Cl)c3)c21. The zero-order valence-corrected chi connectivity index (χ0v) is 19.7. The van der Waals surface area contributed by atoms with E-state index < -0.39 is 17.8 Å². The van der Waals surface area contributed by atoms with Gasteiger partial charge in [0.05, 0.1) is 33.8 Å². The molecule has 0 spiro atoms. The lowest BCUT2D eigenvalue weighted by molar-refractivity contribution is -0.137. The number of aromatic nitrogens is 5. The Morgan fingerprint density at radius 1 is 1.05 bits per heavy atom. The first-order valence-electron chi connectivity index (χ1n) is 10.7.